The number of carboxylic acids is 1. The van der Waals surface area contributed by atoms with Crippen LogP contribution in [0.3, 0.4) is 0 Å². The third-order valence-electron chi connectivity index (χ3n) is 3.88. The molecular formula is C12H14N2O5S2. The third kappa shape index (κ3) is 2.45. The average Bonchev–Trinajstić information content (AvgIpc) is 3.06. The zero-order chi connectivity index (χ0) is 15.2. The first kappa shape index (κ1) is 14.5. The molecule has 21 heavy (non-hydrogen) atoms. The summed E-state index contributed by atoms with van der Waals surface area (Å²) in [7, 11) is -3.69. The van der Waals surface area contributed by atoms with Crippen LogP contribution in [0.15, 0.2) is 16.3 Å². The fourth-order valence-electron chi connectivity index (χ4n) is 2.77. The van der Waals surface area contributed by atoms with Crippen LogP contribution in [-0.4, -0.2) is 60.3 Å². The first-order chi connectivity index (χ1) is 9.89. The number of sulfonamides is 1. The SMILES string of the molecule is O=C(O)c1cc(S(=O)(=O)N2CCN3C(=O)CCC3C2)cs1. The largest absolute Gasteiger partial charge is 0.477 e. The summed E-state index contributed by atoms with van der Waals surface area (Å²) < 4.78 is 26.4. The lowest BCUT2D eigenvalue weighted by Crippen LogP contribution is -2.53. The monoisotopic (exact) mass is 330 g/mol. The Morgan fingerprint density at radius 2 is 2.14 bits per heavy atom. The highest BCUT2D eigenvalue weighted by molar-refractivity contribution is 7.89. The van der Waals surface area contributed by atoms with E-state index in [1.165, 1.54) is 15.8 Å². The van der Waals surface area contributed by atoms with Gasteiger partial charge in [-0.1, -0.05) is 0 Å². The van der Waals surface area contributed by atoms with Gasteiger partial charge in [-0.25, -0.2) is 13.2 Å². The zero-order valence-corrected chi connectivity index (χ0v) is 12.7. The molecule has 1 N–H and O–H groups in total. The molecule has 3 rings (SSSR count). The van der Waals surface area contributed by atoms with Crippen LogP contribution in [0.2, 0.25) is 0 Å². The number of hydrogen-bond acceptors (Lipinski definition) is 5. The first-order valence-electron chi connectivity index (χ1n) is 6.51. The molecule has 2 fully saturated rings. The van der Waals surface area contributed by atoms with Gasteiger partial charge in [0.2, 0.25) is 15.9 Å². The molecule has 1 amide bonds. The van der Waals surface area contributed by atoms with Crippen LogP contribution in [0.25, 0.3) is 0 Å². The Hall–Kier alpha value is -1.45. The molecule has 0 spiro atoms. The molecule has 114 valence electrons. The lowest BCUT2D eigenvalue weighted by atomic mass is 10.2. The van der Waals surface area contributed by atoms with Crippen molar-refractivity contribution in [3.05, 3.63) is 16.3 Å². The summed E-state index contributed by atoms with van der Waals surface area (Å²) in [6.45, 7) is 0.938. The molecule has 9 heteroatoms. The molecule has 0 bridgehead atoms. The van der Waals surface area contributed by atoms with E-state index in [4.69, 9.17) is 5.11 Å². The van der Waals surface area contributed by atoms with Crippen LogP contribution in [0.1, 0.15) is 22.5 Å². The highest BCUT2D eigenvalue weighted by Crippen LogP contribution is 2.28. The Balaban J connectivity index is 1.82. The van der Waals surface area contributed by atoms with E-state index in [-0.39, 0.29) is 34.8 Å². The number of piperazine rings is 1. The molecule has 3 heterocycles. The van der Waals surface area contributed by atoms with E-state index in [0.29, 0.717) is 19.4 Å². The van der Waals surface area contributed by atoms with Gasteiger partial charge in [0, 0.05) is 37.5 Å². The number of nitrogens with zero attached hydrogens (tertiary/aromatic N) is 2. The summed E-state index contributed by atoms with van der Waals surface area (Å²) in [5.41, 5.74) is 0. The van der Waals surface area contributed by atoms with Gasteiger partial charge in [0.05, 0.1) is 4.90 Å². The molecule has 2 aliphatic heterocycles. The second kappa shape index (κ2) is 5.08. The van der Waals surface area contributed by atoms with Gasteiger partial charge < -0.3 is 10.0 Å². The molecule has 2 saturated heterocycles. The molecule has 2 aliphatic rings. The maximum absolute atomic E-state index is 12.5. The van der Waals surface area contributed by atoms with Crippen LogP contribution < -0.4 is 0 Å². The molecule has 1 aromatic rings. The quantitative estimate of drug-likeness (QED) is 0.868. The molecule has 0 aromatic carbocycles. The van der Waals surface area contributed by atoms with E-state index < -0.39 is 16.0 Å². The number of rotatable bonds is 3. The van der Waals surface area contributed by atoms with Gasteiger partial charge in [0.1, 0.15) is 4.88 Å². The molecule has 1 atom stereocenters. The lowest BCUT2D eigenvalue weighted by molar-refractivity contribution is -0.130. The van der Waals surface area contributed by atoms with Crippen LogP contribution in [-0.2, 0) is 14.8 Å². The summed E-state index contributed by atoms with van der Waals surface area (Å²) in [4.78, 5) is 24.2. The minimum atomic E-state index is -3.69. The topological polar surface area (TPSA) is 95.0 Å². The Kier molecular flexibility index (Phi) is 3.50. The van der Waals surface area contributed by atoms with Crippen molar-refractivity contribution in [1.82, 2.24) is 9.21 Å². The number of thiophene rings is 1. The lowest BCUT2D eigenvalue weighted by Gasteiger charge is -2.36. The van der Waals surface area contributed by atoms with Gasteiger partial charge in [0.15, 0.2) is 0 Å². The standard InChI is InChI=1S/C12H14N2O5S2/c15-11-2-1-8-6-13(3-4-14(8)11)21(18,19)9-5-10(12(16)17)20-7-9/h5,7-8H,1-4,6H2,(H,16,17). The fourth-order valence-corrected chi connectivity index (χ4v) is 5.34. The predicted octanol–water partition coefficient (Wildman–Crippen LogP) is 0.442. The van der Waals surface area contributed by atoms with Crippen molar-refractivity contribution < 1.29 is 23.1 Å². The summed E-state index contributed by atoms with van der Waals surface area (Å²) >= 11 is 0.898. The maximum Gasteiger partial charge on any atom is 0.345 e. The summed E-state index contributed by atoms with van der Waals surface area (Å²) in [5, 5.41) is 10.2. The summed E-state index contributed by atoms with van der Waals surface area (Å²) in [6.07, 6.45) is 1.15. The van der Waals surface area contributed by atoms with Crippen LogP contribution in [0.4, 0.5) is 0 Å². The van der Waals surface area contributed by atoms with E-state index in [1.807, 2.05) is 0 Å². The number of carbonyl (C=O) groups excluding carboxylic acids is 1. The van der Waals surface area contributed by atoms with Crippen molar-refractivity contribution in [2.24, 2.45) is 0 Å². The highest BCUT2D eigenvalue weighted by Gasteiger charge is 2.39. The minimum absolute atomic E-state index is 0.00301. The van der Waals surface area contributed by atoms with Crippen molar-refractivity contribution in [2.75, 3.05) is 19.6 Å². The summed E-state index contributed by atoms with van der Waals surface area (Å²) in [5.74, 6) is -1.05. The van der Waals surface area contributed by atoms with Gasteiger partial charge in [-0.05, 0) is 12.5 Å². The van der Waals surface area contributed by atoms with E-state index in [9.17, 15) is 18.0 Å². The number of carboxylic acid groups (broad SMARTS) is 1. The number of aromatic carboxylic acids is 1. The van der Waals surface area contributed by atoms with Crippen molar-refractivity contribution in [1.29, 1.82) is 0 Å². The van der Waals surface area contributed by atoms with Gasteiger partial charge in [-0.15, -0.1) is 11.3 Å². The highest BCUT2D eigenvalue weighted by atomic mass is 32.2. The first-order valence-corrected chi connectivity index (χ1v) is 8.83. The van der Waals surface area contributed by atoms with Crippen molar-refractivity contribution >= 4 is 33.2 Å². The predicted molar refractivity (Wildman–Crippen MR) is 74.8 cm³/mol. The van der Waals surface area contributed by atoms with Gasteiger partial charge in [0.25, 0.3) is 0 Å². The second-order valence-electron chi connectivity index (χ2n) is 5.09. The number of hydrogen-bond donors (Lipinski definition) is 1. The number of carbonyl (C=O) groups is 2. The third-order valence-corrected chi connectivity index (χ3v) is 6.79. The number of amides is 1. The smallest absolute Gasteiger partial charge is 0.345 e. The van der Waals surface area contributed by atoms with Crippen LogP contribution in [0.5, 0.6) is 0 Å². The maximum atomic E-state index is 12.5. The molecular weight excluding hydrogens is 316 g/mol. The Labute approximate surface area is 125 Å². The van der Waals surface area contributed by atoms with Crippen molar-refractivity contribution in [3.8, 4) is 0 Å². The molecule has 0 saturated carbocycles. The van der Waals surface area contributed by atoms with E-state index in [2.05, 4.69) is 0 Å². The molecule has 1 unspecified atom stereocenters. The van der Waals surface area contributed by atoms with E-state index >= 15 is 0 Å². The molecule has 1 aromatic heterocycles. The van der Waals surface area contributed by atoms with Gasteiger partial charge in [-0.2, -0.15) is 4.31 Å². The van der Waals surface area contributed by atoms with Crippen LogP contribution in [0, 0.1) is 0 Å². The summed E-state index contributed by atoms with van der Waals surface area (Å²) in [6, 6.07) is 1.13. The molecule has 0 radical (unpaired) electrons. The van der Waals surface area contributed by atoms with Crippen molar-refractivity contribution in [2.45, 2.75) is 23.8 Å². The van der Waals surface area contributed by atoms with E-state index in [0.717, 1.165) is 11.3 Å². The van der Waals surface area contributed by atoms with Crippen LogP contribution >= 0.6 is 11.3 Å². The zero-order valence-electron chi connectivity index (χ0n) is 11.1. The number of fused-ring (bicyclic) bond motifs is 1. The minimum Gasteiger partial charge on any atom is -0.477 e. The Morgan fingerprint density at radius 3 is 2.81 bits per heavy atom. The Bertz CT molecular complexity index is 696. The average molecular weight is 330 g/mol. The van der Waals surface area contributed by atoms with Gasteiger partial charge >= 0.3 is 5.97 Å². The Morgan fingerprint density at radius 1 is 1.38 bits per heavy atom. The van der Waals surface area contributed by atoms with E-state index in [1.54, 1.807) is 4.90 Å². The molecule has 7 nitrogen and oxygen atoms in total. The normalized spacial score (nSPS) is 23.3. The fraction of sp³-hybridized carbons (Fsp3) is 0.500. The van der Waals surface area contributed by atoms with Gasteiger partial charge in [-0.3, -0.25) is 4.79 Å². The second-order valence-corrected chi connectivity index (χ2v) is 7.94. The van der Waals surface area contributed by atoms with Crippen molar-refractivity contribution in [3.63, 3.8) is 0 Å². The molecule has 0 aliphatic carbocycles.